The van der Waals surface area contributed by atoms with Crippen LogP contribution in [0.2, 0.25) is 0 Å². The lowest BCUT2D eigenvalue weighted by Crippen LogP contribution is -2.40. The first-order valence-electron chi connectivity index (χ1n) is 12.6. The van der Waals surface area contributed by atoms with Crippen LogP contribution in [0.5, 0.6) is 5.75 Å². The summed E-state index contributed by atoms with van der Waals surface area (Å²) in [5, 5.41) is 3.01. The summed E-state index contributed by atoms with van der Waals surface area (Å²) in [6.07, 6.45) is 0.537. The van der Waals surface area contributed by atoms with Crippen LogP contribution in [-0.2, 0) is 9.53 Å². The summed E-state index contributed by atoms with van der Waals surface area (Å²) < 4.78 is 50.3. The van der Waals surface area contributed by atoms with Crippen LogP contribution < -0.4 is 10.1 Å². The minimum absolute atomic E-state index is 0.0184. The molecule has 5 rings (SSSR count). The summed E-state index contributed by atoms with van der Waals surface area (Å²) in [7, 11) is 0. The summed E-state index contributed by atoms with van der Waals surface area (Å²) in [5.74, 6) is -1.13. The summed E-state index contributed by atoms with van der Waals surface area (Å²) in [6, 6.07) is 3.51. The Morgan fingerprint density at radius 1 is 1.17 bits per heavy atom. The molecule has 4 fully saturated rings. The third kappa shape index (κ3) is 5.27. The fourth-order valence-corrected chi connectivity index (χ4v) is 5.91. The van der Waals surface area contributed by atoms with Gasteiger partial charge in [-0.25, -0.2) is 4.98 Å². The predicted molar refractivity (Wildman–Crippen MR) is 120 cm³/mol. The largest absolute Gasteiger partial charge is 0.490 e. The third-order valence-electron chi connectivity index (χ3n) is 8.21. The zero-order valence-corrected chi connectivity index (χ0v) is 19.7. The molecule has 35 heavy (non-hydrogen) atoms. The van der Waals surface area contributed by atoms with Crippen molar-refractivity contribution in [3.8, 4) is 5.75 Å². The maximum absolute atomic E-state index is 13.0. The van der Waals surface area contributed by atoms with E-state index in [2.05, 4.69) is 10.3 Å². The van der Waals surface area contributed by atoms with Gasteiger partial charge in [0.1, 0.15) is 0 Å². The Labute approximate surface area is 202 Å². The van der Waals surface area contributed by atoms with Crippen molar-refractivity contribution in [2.24, 2.45) is 23.2 Å². The fraction of sp³-hybridized carbons (Fsp3) is 0.720. The number of hydrogen-bond acceptors (Lipinski definition) is 5. The molecule has 0 radical (unpaired) electrons. The van der Waals surface area contributed by atoms with E-state index in [9.17, 15) is 22.8 Å². The number of fused-ring (bicyclic) bond motifs is 1. The molecule has 2 saturated heterocycles. The van der Waals surface area contributed by atoms with Gasteiger partial charge in [0.05, 0.1) is 12.5 Å². The Morgan fingerprint density at radius 3 is 2.63 bits per heavy atom. The molecular weight excluding hydrogens is 463 g/mol. The number of nitrogens with zero attached hydrogens (tertiary/aromatic N) is 2. The summed E-state index contributed by atoms with van der Waals surface area (Å²) in [5.41, 5.74) is 0.100. The maximum atomic E-state index is 13.0. The van der Waals surface area contributed by atoms with Gasteiger partial charge in [-0.3, -0.25) is 9.59 Å². The Hall–Kier alpha value is -2.36. The van der Waals surface area contributed by atoms with Crippen molar-refractivity contribution in [3.05, 3.63) is 24.0 Å². The van der Waals surface area contributed by atoms with Crippen LogP contribution in [0.25, 0.3) is 0 Å². The Kier molecular flexibility index (Phi) is 6.67. The molecule has 2 amide bonds. The molecule has 2 aliphatic carbocycles. The third-order valence-corrected chi connectivity index (χ3v) is 8.21. The van der Waals surface area contributed by atoms with E-state index in [-0.39, 0.29) is 47.7 Å². The normalized spacial score (nSPS) is 31.1. The molecule has 0 spiro atoms. The molecule has 7 nitrogen and oxygen atoms in total. The molecular formula is C25H32F3N3O4. The van der Waals surface area contributed by atoms with Gasteiger partial charge in [0.15, 0.2) is 11.4 Å². The van der Waals surface area contributed by atoms with Gasteiger partial charge in [-0.05, 0) is 63.0 Å². The van der Waals surface area contributed by atoms with Gasteiger partial charge in [0.2, 0.25) is 5.91 Å². The minimum atomic E-state index is -4.17. The molecule has 2 aliphatic heterocycles. The van der Waals surface area contributed by atoms with Crippen LogP contribution in [0, 0.1) is 23.2 Å². The zero-order chi connectivity index (χ0) is 24.6. The first kappa shape index (κ1) is 24.3. The van der Waals surface area contributed by atoms with Crippen molar-refractivity contribution in [3.63, 3.8) is 0 Å². The Morgan fingerprint density at radius 2 is 1.91 bits per heavy atom. The quantitative estimate of drug-likeness (QED) is 0.653. The van der Waals surface area contributed by atoms with E-state index in [4.69, 9.17) is 9.47 Å². The van der Waals surface area contributed by atoms with Crippen LogP contribution in [0.4, 0.5) is 13.2 Å². The second-order valence-electron chi connectivity index (χ2n) is 10.6. The second-order valence-corrected chi connectivity index (χ2v) is 10.6. The molecule has 0 aromatic carbocycles. The molecule has 1 aromatic rings. The topological polar surface area (TPSA) is 80.8 Å². The monoisotopic (exact) mass is 495 g/mol. The molecule has 1 aromatic heterocycles. The van der Waals surface area contributed by atoms with E-state index in [1.54, 1.807) is 18.3 Å². The van der Waals surface area contributed by atoms with Gasteiger partial charge >= 0.3 is 6.18 Å². The van der Waals surface area contributed by atoms with Crippen molar-refractivity contribution in [2.45, 2.75) is 57.2 Å². The van der Waals surface area contributed by atoms with E-state index < -0.39 is 12.1 Å². The van der Waals surface area contributed by atoms with Gasteiger partial charge in [-0.2, -0.15) is 13.2 Å². The molecule has 2 unspecified atom stereocenters. The highest BCUT2D eigenvalue weighted by molar-refractivity contribution is 5.95. The van der Waals surface area contributed by atoms with Gasteiger partial charge in [0.25, 0.3) is 5.91 Å². The molecule has 2 saturated carbocycles. The number of hydrogen-bond donors (Lipinski definition) is 1. The number of likely N-dealkylation sites (tertiary alicyclic amines) is 1. The number of nitrogens with one attached hydrogen (secondary N) is 1. The fourth-order valence-electron chi connectivity index (χ4n) is 5.91. The minimum Gasteiger partial charge on any atom is -0.490 e. The number of ether oxygens (including phenoxy) is 2. The molecule has 2 atom stereocenters. The number of halogens is 3. The first-order valence-corrected chi connectivity index (χ1v) is 12.6. The number of carbonyl (C=O) groups is 2. The average molecular weight is 496 g/mol. The lowest BCUT2D eigenvalue weighted by molar-refractivity contribution is -0.185. The smallest absolute Gasteiger partial charge is 0.391 e. The van der Waals surface area contributed by atoms with E-state index in [0.29, 0.717) is 57.4 Å². The van der Waals surface area contributed by atoms with Crippen LogP contribution >= 0.6 is 0 Å². The number of aromatic nitrogens is 1. The van der Waals surface area contributed by atoms with Crippen molar-refractivity contribution in [1.29, 1.82) is 0 Å². The standard InChI is InChI=1S/C25H32F3N3O4/c26-25(27,28)17-5-3-16(4-6-17)23(33)31-13-18-12-24(18,14-31)15-35-20-2-1-9-29-21(20)22(32)30-19-7-10-34-11-8-19/h1-2,9,16-19H,3-8,10-15H2,(H,30,32). The molecule has 0 bridgehead atoms. The van der Waals surface area contributed by atoms with Gasteiger partial charge in [0, 0.05) is 49.9 Å². The van der Waals surface area contributed by atoms with Gasteiger partial charge in [-0.15, -0.1) is 0 Å². The molecule has 3 heterocycles. The number of rotatable bonds is 6. The lowest BCUT2D eigenvalue weighted by Gasteiger charge is -2.32. The van der Waals surface area contributed by atoms with Gasteiger partial charge < -0.3 is 19.7 Å². The predicted octanol–water partition coefficient (Wildman–Crippen LogP) is 3.59. The first-order chi connectivity index (χ1) is 16.7. The summed E-state index contributed by atoms with van der Waals surface area (Å²) in [4.78, 5) is 31.9. The Balaban J connectivity index is 1.14. The number of alkyl halides is 3. The highest BCUT2D eigenvalue weighted by Crippen LogP contribution is 2.58. The summed E-state index contributed by atoms with van der Waals surface area (Å²) >= 11 is 0. The lowest BCUT2D eigenvalue weighted by atomic mass is 9.81. The SMILES string of the molecule is O=C(NC1CCOCC1)c1ncccc1OCC12CC1CN(C(=O)C1CCC(C(F)(F)F)CC1)C2. The number of carbonyl (C=O) groups excluding carboxylic acids is 2. The zero-order valence-electron chi connectivity index (χ0n) is 19.7. The van der Waals surface area contributed by atoms with Crippen molar-refractivity contribution in [2.75, 3.05) is 32.9 Å². The van der Waals surface area contributed by atoms with E-state index in [1.165, 1.54) is 0 Å². The second kappa shape index (κ2) is 9.59. The Bertz CT molecular complexity index is 944. The van der Waals surface area contributed by atoms with Crippen LogP contribution in [-0.4, -0.2) is 66.8 Å². The number of piperidine rings is 1. The van der Waals surface area contributed by atoms with E-state index >= 15 is 0 Å². The number of pyridine rings is 1. The highest BCUT2D eigenvalue weighted by Gasteiger charge is 2.61. The average Bonchev–Trinajstić information content (AvgIpc) is 3.41. The van der Waals surface area contributed by atoms with Crippen molar-refractivity contribution >= 4 is 11.8 Å². The summed E-state index contributed by atoms with van der Waals surface area (Å²) in [6.45, 7) is 2.81. The number of amides is 2. The highest BCUT2D eigenvalue weighted by atomic mass is 19.4. The molecule has 192 valence electrons. The van der Waals surface area contributed by atoms with Crippen molar-refractivity contribution < 1.29 is 32.2 Å². The van der Waals surface area contributed by atoms with Gasteiger partial charge in [-0.1, -0.05) is 0 Å². The van der Waals surface area contributed by atoms with Crippen LogP contribution in [0.3, 0.4) is 0 Å². The van der Waals surface area contributed by atoms with E-state index in [0.717, 1.165) is 19.3 Å². The van der Waals surface area contributed by atoms with E-state index in [1.807, 2.05) is 4.90 Å². The van der Waals surface area contributed by atoms with Crippen LogP contribution in [0.1, 0.15) is 55.4 Å². The van der Waals surface area contributed by atoms with Crippen molar-refractivity contribution in [1.82, 2.24) is 15.2 Å². The molecule has 4 aliphatic rings. The van der Waals surface area contributed by atoms with Crippen LogP contribution in [0.15, 0.2) is 18.3 Å². The molecule has 1 N–H and O–H groups in total. The maximum Gasteiger partial charge on any atom is 0.391 e. The molecule has 10 heteroatoms.